The molecule has 0 unspecified atom stereocenters. The molecular formula is C10H15B. The molecule has 0 N–H and O–H groups in total. The van der Waals surface area contributed by atoms with Crippen LogP contribution in [0, 0.1) is 5.92 Å². The molecule has 0 fully saturated rings. The van der Waals surface area contributed by atoms with Gasteiger partial charge in [0.25, 0.3) is 0 Å². The first kappa shape index (κ1) is 10.3. The fourth-order valence-electron chi connectivity index (χ4n) is 1.18. The van der Waals surface area contributed by atoms with Crippen LogP contribution in [0.4, 0.5) is 0 Å². The molecule has 0 aromatic carbocycles. The van der Waals surface area contributed by atoms with Crippen LogP contribution in [0.25, 0.3) is 0 Å². The lowest BCUT2D eigenvalue weighted by Gasteiger charge is -2.13. The van der Waals surface area contributed by atoms with E-state index in [4.69, 9.17) is 7.85 Å². The summed E-state index contributed by atoms with van der Waals surface area (Å²) >= 11 is 0. The largest absolute Gasteiger partial charge is 0.114 e. The lowest BCUT2D eigenvalue weighted by Crippen LogP contribution is -1.99. The molecule has 0 aromatic rings. The summed E-state index contributed by atoms with van der Waals surface area (Å²) in [5.41, 5.74) is 2.88. The minimum Gasteiger partial charge on any atom is -0.0996 e. The molecule has 0 heterocycles. The van der Waals surface area contributed by atoms with Gasteiger partial charge < -0.3 is 0 Å². The fourth-order valence-corrected chi connectivity index (χ4v) is 1.18. The Labute approximate surface area is 71.1 Å². The van der Waals surface area contributed by atoms with Gasteiger partial charge in [0.05, 0.1) is 0 Å². The molecule has 0 saturated heterocycles. The highest BCUT2D eigenvalue weighted by atomic mass is 14.1. The van der Waals surface area contributed by atoms with Crippen molar-refractivity contribution in [2.45, 2.75) is 20.8 Å². The molecule has 0 aliphatic rings. The topological polar surface area (TPSA) is 0 Å². The second kappa shape index (κ2) is 4.22. The van der Waals surface area contributed by atoms with Crippen molar-refractivity contribution in [1.29, 1.82) is 0 Å². The third kappa shape index (κ3) is 2.79. The first-order valence-electron chi connectivity index (χ1n) is 3.78. The van der Waals surface area contributed by atoms with E-state index in [1.807, 2.05) is 6.92 Å². The molecule has 2 radical (unpaired) electrons. The molecule has 0 bridgehead atoms. The standard InChI is InChI=1S/C10H15B/c1-6-9(11)10(7(2)3)8(4)5/h6,8H,1-2H2,3-5H3/b10-9+. The summed E-state index contributed by atoms with van der Waals surface area (Å²) in [4.78, 5) is 0. The van der Waals surface area contributed by atoms with E-state index in [1.54, 1.807) is 6.08 Å². The van der Waals surface area contributed by atoms with Crippen molar-refractivity contribution >= 4 is 7.85 Å². The smallest absolute Gasteiger partial charge is 0.0996 e. The fraction of sp³-hybridized carbons (Fsp3) is 0.400. The average Bonchev–Trinajstić information content (AvgIpc) is 1.85. The summed E-state index contributed by atoms with van der Waals surface area (Å²) in [6, 6.07) is 0. The van der Waals surface area contributed by atoms with Gasteiger partial charge in [-0.05, 0) is 12.8 Å². The third-order valence-electron chi connectivity index (χ3n) is 1.57. The molecule has 0 spiro atoms. The maximum Gasteiger partial charge on any atom is 0.114 e. The Morgan fingerprint density at radius 3 is 2.00 bits per heavy atom. The lowest BCUT2D eigenvalue weighted by atomic mass is 9.82. The van der Waals surface area contributed by atoms with E-state index in [0.29, 0.717) is 5.92 Å². The van der Waals surface area contributed by atoms with Crippen LogP contribution in [0.3, 0.4) is 0 Å². The van der Waals surface area contributed by atoms with Crippen LogP contribution in [-0.4, -0.2) is 7.85 Å². The van der Waals surface area contributed by atoms with Crippen LogP contribution >= 0.6 is 0 Å². The average molecular weight is 146 g/mol. The third-order valence-corrected chi connectivity index (χ3v) is 1.57. The summed E-state index contributed by atoms with van der Waals surface area (Å²) < 4.78 is 0. The number of hydrogen-bond acceptors (Lipinski definition) is 0. The molecule has 0 aliphatic heterocycles. The van der Waals surface area contributed by atoms with Crippen LogP contribution in [-0.2, 0) is 0 Å². The van der Waals surface area contributed by atoms with E-state index in [-0.39, 0.29) is 0 Å². The van der Waals surface area contributed by atoms with Crippen molar-refractivity contribution in [3.8, 4) is 0 Å². The van der Waals surface area contributed by atoms with Gasteiger partial charge in [-0.15, -0.1) is 0 Å². The van der Waals surface area contributed by atoms with Crippen LogP contribution in [0.5, 0.6) is 0 Å². The van der Waals surface area contributed by atoms with E-state index in [1.165, 1.54) is 0 Å². The SMILES string of the molecule is [B]/C(C=C)=C(\C(=C)C)C(C)C. The number of allylic oxidation sites excluding steroid dienone is 4. The van der Waals surface area contributed by atoms with Gasteiger partial charge in [0.15, 0.2) is 0 Å². The summed E-state index contributed by atoms with van der Waals surface area (Å²) in [5, 5.41) is 0. The van der Waals surface area contributed by atoms with Gasteiger partial charge in [-0.2, -0.15) is 0 Å². The zero-order valence-corrected chi connectivity index (χ0v) is 7.65. The summed E-state index contributed by atoms with van der Waals surface area (Å²) in [5.74, 6) is 0.422. The van der Waals surface area contributed by atoms with Crippen molar-refractivity contribution in [3.05, 3.63) is 35.9 Å². The number of hydrogen-bond donors (Lipinski definition) is 0. The van der Waals surface area contributed by atoms with Gasteiger partial charge in [0.1, 0.15) is 7.85 Å². The molecule has 58 valence electrons. The Hall–Kier alpha value is -0.715. The Morgan fingerprint density at radius 1 is 1.45 bits per heavy atom. The van der Waals surface area contributed by atoms with E-state index in [9.17, 15) is 0 Å². The quantitative estimate of drug-likeness (QED) is 0.424. The molecule has 0 saturated carbocycles. The normalized spacial score (nSPS) is 12.7. The van der Waals surface area contributed by atoms with Gasteiger partial charge >= 0.3 is 0 Å². The van der Waals surface area contributed by atoms with E-state index < -0.39 is 0 Å². The predicted octanol–water partition coefficient (Wildman–Crippen LogP) is 2.83. The maximum absolute atomic E-state index is 5.72. The van der Waals surface area contributed by atoms with E-state index in [2.05, 4.69) is 27.0 Å². The minimum atomic E-state index is 0.422. The predicted molar refractivity (Wildman–Crippen MR) is 52.6 cm³/mol. The van der Waals surface area contributed by atoms with Gasteiger partial charge in [-0.1, -0.05) is 49.7 Å². The summed E-state index contributed by atoms with van der Waals surface area (Å²) in [6.45, 7) is 13.6. The van der Waals surface area contributed by atoms with Crippen molar-refractivity contribution in [3.63, 3.8) is 0 Å². The van der Waals surface area contributed by atoms with Gasteiger partial charge in [0.2, 0.25) is 0 Å². The molecule has 0 rings (SSSR count). The Morgan fingerprint density at radius 2 is 1.91 bits per heavy atom. The Kier molecular flexibility index (Phi) is 3.95. The van der Waals surface area contributed by atoms with Crippen LogP contribution in [0.15, 0.2) is 35.9 Å². The van der Waals surface area contributed by atoms with Gasteiger partial charge in [-0.25, -0.2) is 0 Å². The van der Waals surface area contributed by atoms with Crippen LogP contribution in [0.2, 0.25) is 0 Å². The number of rotatable bonds is 3. The molecule has 0 amide bonds. The Bertz CT molecular complexity index is 197. The first-order valence-corrected chi connectivity index (χ1v) is 3.78. The Balaban J connectivity index is 4.87. The molecular weight excluding hydrogens is 131 g/mol. The lowest BCUT2D eigenvalue weighted by molar-refractivity contribution is 0.776. The summed E-state index contributed by atoms with van der Waals surface area (Å²) in [7, 11) is 5.72. The minimum absolute atomic E-state index is 0.422. The second-order valence-corrected chi connectivity index (χ2v) is 3.01. The second-order valence-electron chi connectivity index (χ2n) is 3.01. The van der Waals surface area contributed by atoms with Crippen molar-refractivity contribution in [2.24, 2.45) is 5.92 Å². The van der Waals surface area contributed by atoms with Gasteiger partial charge in [0, 0.05) is 0 Å². The van der Waals surface area contributed by atoms with Crippen LogP contribution < -0.4 is 0 Å². The van der Waals surface area contributed by atoms with Crippen molar-refractivity contribution in [2.75, 3.05) is 0 Å². The molecule has 11 heavy (non-hydrogen) atoms. The van der Waals surface area contributed by atoms with Crippen LogP contribution in [0.1, 0.15) is 20.8 Å². The molecule has 0 aliphatic carbocycles. The van der Waals surface area contributed by atoms with Gasteiger partial charge in [-0.3, -0.25) is 0 Å². The van der Waals surface area contributed by atoms with E-state index >= 15 is 0 Å². The summed E-state index contributed by atoms with van der Waals surface area (Å²) in [6.07, 6.45) is 1.67. The molecule has 0 aromatic heterocycles. The maximum atomic E-state index is 5.72. The highest BCUT2D eigenvalue weighted by Crippen LogP contribution is 2.20. The van der Waals surface area contributed by atoms with Crippen molar-refractivity contribution < 1.29 is 0 Å². The highest BCUT2D eigenvalue weighted by molar-refractivity contribution is 6.24. The zero-order valence-electron chi connectivity index (χ0n) is 7.65. The first-order chi connectivity index (χ1) is 5.00. The molecule has 0 nitrogen and oxygen atoms in total. The highest BCUT2D eigenvalue weighted by Gasteiger charge is 2.04. The zero-order chi connectivity index (χ0) is 9.02. The molecule has 0 atom stereocenters. The van der Waals surface area contributed by atoms with E-state index in [0.717, 1.165) is 16.6 Å². The van der Waals surface area contributed by atoms with Crippen molar-refractivity contribution in [1.82, 2.24) is 0 Å². The molecule has 1 heteroatoms. The monoisotopic (exact) mass is 146 g/mol.